The summed E-state index contributed by atoms with van der Waals surface area (Å²) in [5.74, 6) is -1.01. The van der Waals surface area contributed by atoms with Gasteiger partial charge in [-0.15, -0.1) is 0 Å². The topological polar surface area (TPSA) is 70.0 Å². The standard InChI is InChI=1S/C13H25NO4/c1-3-14(8-9-18-2)10-13(17)6-4-11(5-7-13)12(15)16/h11,17H,3-10H2,1-2H3,(H,15,16). The number of aliphatic carboxylic acids is 1. The summed E-state index contributed by atoms with van der Waals surface area (Å²) in [6, 6.07) is 0. The van der Waals surface area contributed by atoms with Crippen LogP contribution in [-0.4, -0.2) is 60.0 Å². The molecule has 1 aliphatic rings. The first-order valence-electron chi connectivity index (χ1n) is 6.67. The first-order valence-corrected chi connectivity index (χ1v) is 6.67. The predicted molar refractivity (Wildman–Crippen MR) is 68.5 cm³/mol. The summed E-state index contributed by atoms with van der Waals surface area (Å²) in [6.07, 6.45) is 2.31. The summed E-state index contributed by atoms with van der Waals surface area (Å²) in [5, 5.41) is 19.4. The highest BCUT2D eigenvalue weighted by Crippen LogP contribution is 2.32. The fourth-order valence-electron chi connectivity index (χ4n) is 2.55. The molecule has 1 saturated carbocycles. The first-order chi connectivity index (χ1) is 8.50. The van der Waals surface area contributed by atoms with Crippen LogP contribution < -0.4 is 0 Å². The van der Waals surface area contributed by atoms with Gasteiger partial charge in [0.25, 0.3) is 0 Å². The van der Waals surface area contributed by atoms with Crippen molar-refractivity contribution >= 4 is 5.97 Å². The van der Waals surface area contributed by atoms with Gasteiger partial charge in [-0.25, -0.2) is 0 Å². The minimum absolute atomic E-state index is 0.278. The second kappa shape index (κ2) is 7.07. The summed E-state index contributed by atoms with van der Waals surface area (Å²) in [5.41, 5.74) is -0.726. The van der Waals surface area contributed by atoms with Gasteiger partial charge in [0.15, 0.2) is 0 Å². The van der Waals surface area contributed by atoms with Gasteiger partial charge in [-0.2, -0.15) is 0 Å². The van der Waals surface area contributed by atoms with Crippen LogP contribution >= 0.6 is 0 Å². The fourth-order valence-corrected chi connectivity index (χ4v) is 2.55. The lowest BCUT2D eigenvalue weighted by Crippen LogP contribution is -2.47. The molecule has 0 spiro atoms. The van der Waals surface area contributed by atoms with Crippen LogP contribution in [0.4, 0.5) is 0 Å². The van der Waals surface area contributed by atoms with E-state index in [1.165, 1.54) is 0 Å². The molecule has 0 unspecified atom stereocenters. The number of aliphatic hydroxyl groups is 1. The van der Waals surface area contributed by atoms with Gasteiger partial charge in [0, 0.05) is 20.2 Å². The van der Waals surface area contributed by atoms with Crippen molar-refractivity contribution in [3.8, 4) is 0 Å². The number of ether oxygens (including phenoxy) is 1. The Morgan fingerprint density at radius 3 is 2.50 bits per heavy atom. The highest BCUT2D eigenvalue weighted by atomic mass is 16.5. The molecular weight excluding hydrogens is 234 g/mol. The smallest absolute Gasteiger partial charge is 0.306 e. The lowest BCUT2D eigenvalue weighted by atomic mass is 9.78. The highest BCUT2D eigenvalue weighted by Gasteiger charge is 2.36. The Morgan fingerprint density at radius 2 is 2.06 bits per heavy atom. The Hall–Kier alpha value is -0.650. The summed E-state index contributed by atoms with van der Waals surface area (Å²) < 4.78 is 5.04. The molecule has 5 heteroatoms. The average Bonchev–Trinajstić information content (AvgIpc) is 2.35. The molecule has 18 heavy (non-hydrogen) atoms. The average molecular weight is 259 g/mol. The van der Waals surface area contributed by atoms with Gasteiger partial charge in [0.05, 0.1) is 18.1 Å². The Balaban J connectivity index is 2.43. The summed E-state index contributed by atoms with van der Waals surface area (Å²) in [6.45, 7) is 4.99. The molecule has 0 aliphatic heterocycles. The Morgan fingerprint density at radius 1 is 1.44 bits per heavy atom. The summed E-state index contributed by atoms with van der Waals surface area (Å²) >= 11 is 0. The summed E-state index contributed by atoms with van der Waals surface area (Å²) in [7, 11) is 1.67. The molecule has 1 fully saturated rings. The molecule has 1 rings (SSSR count). The van der Waals surface area contributed by atoms with Gasteiger partial charge < -0.3 is 14.9 Å². The lowest BCUT2D eigenvalue weighted by Gasteiger charge is -2.38. The Bertz CT molecular complexity index is 262. The molecule has 0 amide bonds. The van der Waals surface area contributed by atoms with Crippen LogP contribution in [0.15, 0.2) is 0 Å². The van der Waals surface area contributed by atoms with E-state index in [1.54, 1.807) is 7.11 Å². The minimum Gasteiger partial charge on any atom is -0.481 e. The van der Waals surface area contributed by atoms with Gasteiger partial charge >= 0.3 is 5.97 Å². The van der Waals surface area contributed by atoms with Gasteiger partial charge in [0.2, 0.25) is 0 Å². The van der Waals surface area contributed by atoms with E-state index in [0.29, 0.717) is 38.8 Å². The number of methoxy groups -OCH3 is 1. The monoisotopic (exact) mass is 259 g/mol. The van der Waals surface area contributed by atoms with E-state index >= 15 is 0 Å². The zero-order valence-corrected chi connectivity index (χ0v) is 11.4. The lowest BCUT2D eigenvalue weighted by molar-refractivity contribution is -0.145. The van der Waals surface area contributed by atoms with Crippen molar-refractivity contribution in [3.63, 3.8) is 0 Å². The zero-order valence-electron chi connectivity index (χ0n) is 11.4. The first kappa shape index (κ1) is 15.4. The maximum absolute atomic E-state index is 10.9. The maximum atomic E-state index is 10.9. The third-order valence-electron chi connectivity index (χ3n) is 3.84. The third kappa shape index (κ3) is 4.55. The second-order valence-corrected chi connectivity index (χ2v) is 5.20. The molecule has 0 radical (unpaired) electrons. The van der Waals surface area contributed by atoms with Crippen LogP contribution in [0.3, 0.4) is 0 Å². The van der Waals surface area contributed by atoms with E-state index in [0.717, 1.165) is 13.1 Å². The van der Waals surface area contributed by atoms with Crippen LogP contribution in [0.2, 0.25) is 0 Å². The number of carbonyl (C=O) groups is 1. The zero-order chi connectivity index (χ0) is 13.6. The van der Waals surface area contributed by atoms with Crippen molar-refractivity contribution in [2.45, 2.75) is 38.2 Å². The van der Waals surface area contributed by atoms with Gasteiger partial charge in [-0.05, 0) is 32.2 Å². The van der Waals surface area contributed by atoms with Crippen LogP contribution in [0.1, 0.15) is 32.6 Å². The van der Waals surface area contributed by atoms with Gasteiger partial charge in [-0.3, -0.25) is 9.69 Å². The number of hydrogen-bond donors (Lipinski definition) is 2. The van der Waals surface area contributed by atoms with Crippen LogP contribution in [0.5, 0.6) is 0 Å². The number of hydrogen-bond acceptors (Lipinski definition) is 4. The molecule has 106 valence electrons. The SMILES string of the molecule is CCN(CCOC)CC1(O)CCC(C(=O)O)CC1. The molecule has 0 heterocycles. The van der Waals surface area contributed by atoms with Crippen molar-refractivity contribution in [2.75, 3.05) is 33.4 Å². The second-order valence-electron chi connectivity index (χ2n) is 5.20. The fraction of sp³-hybridized carbons (Fsp3) is 0.923. The summed E-state index contributed by atoms with van der Waals surface area (Å²) in [4.78, 5) is 13.0. The molecule has 2 N–H and O–H groups in total. The number of nitrogens with zero attached hydrogens (tertiary/aromatic N) is 1. The quantitative estimate of drug-likeness (QED) is 0.712. The normalized spacial score (nSPS) is 28.6. The molecule has 0 atom stereocenters. The molecule has 0 aromatic carbocycles. The number of rotatable bonds is 7. The molecule has 0 aromatic heterocycles. The molecular formula is C13H25NO4. The number of carboxylic acid groups (broad SMARTS) is 1. The van der Waals surface area contributed by atoms with Crippen LogP contribution in [0.25, 0.3) is 0 Å². The predicted octanol–water partition coefficient (Wildman–Crippen LogP) is 0.961. The number of carboxylic acids is 1. The van der Waals surface area contributed by atoms with Crippen molar-refractivity contribution < 1.29 is 19.7 Å². The van der Waals surface area contributed by atoms with E-state index < -0.39 is 11.6 Å². The molecule has 0 bridgehead atoms. The maximum Gasteiger partial charge on any atom is 0.306 e. The van der Waals surface area contributed by atoms with Crippen molar-refractivity contribution in [1.82, 2.24) is 4.90 Å². The third-order valence-corrected chi connectivity index (χ3v) is 3.84. The molecule has 0 saturated heterocycles. The van der Waals surface area contributed by atoms with Crippen LogP contribution in [-0.2, 0) is 9.53 Å². The highest BCUT2D eigenvalue weighted by molar-refractivity contribution is 5.70. The Labute approximate surface area is 109 Å². The van der Waals surface area contributed by atoms with Crippen molar-refractivity contribution in [1.29, 1.82) is 0 Å². The minimum atomic E-state index is -0.733. The van der Waals surface area contributed by atoms with Crippen molar-refractivity contribution in [2.24, 2.45) is 5.92 Å². The van der Waals surface area contributed by atoms with Gasteiger partial charge in [0.1, 0.15) is 0 Å². The van der Waals surface area contributed by atoms with Crippen LogP contribution in [0, 0.1) is 5.92 Å². The van der Waals surface area contributed by atoms with E-state index in [-0.39, 0.29) is 5.92 Å². The number of likely N-dealkylation sites (N-methyl/N-ethyl adjacent to an activating group) is 1. The molecule has 1 aliphatic carbocycles. The van der Waals surface area contributed by atoms with E-state index in [9.17, 15) is 9.90 Å². The van der Waals surface area contributed by atoms with E-state index in [4.69, 9.17) is 9.84 Å². The largest absolute Gasteiger partial charge is 0.481 e. The van der Waals surface area contributed by atoms with Crippen molar-refractivity contribution in [3.05, 3.63) is 0 Å². The molecule has 0 aromatic rings. The van der Waals surface area contributed by atoms with E-state index in [2.05, 4.69) is 11.8 Å². The van der Waals surface area contributed by atoms with Gasteiger partial charge in [-0.1, -0.05) is 6.92 Å². The molecule has 5 nitrogen and oxygen atoms in total. The van der Waals surface area contributed by atoms with E-state index in [1.807, 2.05) is 0 Å². The Kier molecular flexibility index (Phi) is 6.05.